The Labute approximate surface area is 99.4 Å². The molecule has 0 N–H and O–H groups in total. The molecule has 0 saturated heterocycles. The zero-order valence-corrected chi connectivity index (χ0v) is 10.1. The van der Waals surface area contributed by atoms with Crippen molar-refractivity contribution < 1.29 is 13.9 Å². The van der Waals surface area contributed by atoms with Crippen LogP contribution in [0.15, 0.2) is 18.2 Å². The van der Waals surface area contributed by atoms with E-state index in [1.807, 2.05) is 6.92 Å². The third kappa shape index (κ3) is 3.49. The maximum atomic E-state index is 13.3. The predicted octanol–water partition coefficient (Wildman–Crippen LogP) is 3.82. The Morgan fingerprint density at radius 2 is 2.25 bits per heavy atom. The summed E-state index contributed by atoms with van der Waals surface area (Å²) in [5.74, 6) is -1.28. The molecule has 16 heavy (non-hydrogen) atoms. The second-order valence-corrected chi connectivity index (χ2v) is 4.07. The number of halogens is 2. The first-order chi connectivity index (χ1) is 7.54. The molecule has 0 fully saturated rings. The molecule has 1 aromatic carbocycles. The summed E-state index contributed by atoms with van der Waals surface area (Å²) >= 11 is 5.68. The number of ether oxygens (including phenoxy) is 1. The fourth-order valence-corrected chi connectivity index (χ4v) is 1.54. The molecule has 0 aliphatic carbocycles. The van der Waals surface area contributed by atoms with Gasteiger partial charge in [0.25, 0.3) is 0 Å². The minimum absolute atomic E-state index is 0.115. The Hall–Kier alpha value is -1.09. The lowest BCUT2D eigenvalue weighted by atomic mass is 10.2. The van der Waals surface area contributed by atoms with E-state index in [-0.39, 0.29) is 11.7 Å². The van der Waals surface area contributed by atoms with Gasteiger partial charge in [0.1, 0.15) is 5.82 Å². The topological polar surface area (TPSA) is 26.3 Å². The zero-order chi connectivity index (χ0) is 12.1. The second kappa shape index (κ2) is 5.85. The van der Waals surface area contributed by atoms with Crippen LogP contribution in [-0.4, -0.2) is 12.1 Å². The number of benzene rings is 1. The van der Waals surface area contributed by atoms with Crippen LogP contribution in [0.4, 0.5) is 4.39 Å². The molecule has 1 aromatic rings. The van der Waals surface area contributed by atoms with Crippen molar-refractivity contribution in [3.05, 3.63) is 34.6 Å². The van der Waals surface area contributed by atoms with Crippen molar-refractivity contribution in [3.63, 3.8) is 0 Å². The largest absolute Gasteiger partial charge is 0.459 e. The van der Waals surface area contributed by atoms with Crippen molar-refractivity contribution in [2.45, 2.75) is 32.8 Å². The summed E-state index contributed by atoms with van der Waals surface area (Å²) < 4.78 is 18.4. The van der Waals surface area contributed by atoms with Crippen molar-refractivity contribution in [1.82, 2.24) is 0 Å². The molecule has 0 heterocycles. The SMILES string of the molecule is CCCC(C)OC(=O)c1cc(Cl)ccc1F. The Bertz CT molecular complexity index is 379. The Balaban J connectivity index is 2.76. The highest BCUT2D eigenvalue weighted by Crippen LogP contribution is 2.17. The van der Waals surface area contributed by atoms with Crippen LogP contribution in [0.2, 0.25) is 5.02 Å². The molecule has 0 aliphatic heterocycles. The minimum Gasteiger partial charge on any atom is -0.459 e. The van der Waals surface area contributed by atoms with Crippen LogP contribution in [-0.2, 0) is 4.74 Å². The van der Waals surface area contributed by atoms with Crippen LogP contribution < -0.4 is 0 Å². The number of hydrogen-bond donors (Lipinski definition) is 0. The maximum Gasteiger partial charge on any atom is 0.341 e. The molecule has 1 atom stereocenters. The van der Waals surface area contributed by atoms with E-state index >= 15 is 0 Å². The zero-order valence-electron chi connectivity index (χ0n) is 9.30. The number of rotatable bonds is 4. The average Bonchev–Trinajstić information content (AvgIpc) is 2.21. The van der Waals surface area contributed by atoms with E-state index in [1.165, 1.54) is 12.1 Å². The molecule has 0 aliphatic rings. The van der Waals surface area contributed by atoms with Gasteiger partial charge >= 0.3 is 5.97 Å². The van der Waals surface area contributed by atoms with Crippen molar-refractivity contribution in [3.8, 4) is 0 Å². The molecule has 0 radical (unpaired) electrons. The van der Waals surface area contributed by atoms with Gasteiger partial charge in [0, 0.05) is 5.02 Å². The first kappa shape index (κ1) is 13.0. The minimum atomic E-state index is -0.666. The standard InChI is InChI=1S/C12H14ClFO2/c1-3-4-8(2)16-12(15)10-7-9(13)5-6-11(10)14/h5-8H,3-4H2,1-2H3. The molecule has 4 heteroatoms. The fraction of sp³-hybridized carbons (Fsp3) is 0.417. The van der Waals surface area contributed by atoms with E-state index in [0.29, 0.717) is 5.02 Å². The van der Waals surface area contributed by atoms with Gasteiger partial charge in [-0.1, -0.05) is 24.9 Å². The third-order valence-electron chi connectivity index (χ3n) is 2.15. The number of esters is 1. The van der Waals surface area contributed by atoms with E-state index in [9.17, 15) is 9.18 Å². The molecule has 1 unspecified atom stereocenters. The molecule has 0 aromatic heterocycles. The molecule has 0 amide bonds. The first-order valence-electron chi connectivity index (χ1n) is 5.20. The van der Waals surface area contributed by atoms with Gasteiger partial charge in [-0.15, -0.1) is 0 Å². The van der Waals surface area contributed by atoms with Crippen molar-refractivity contribution >= 4 is 17.6 Å². The van der Waals surface area contributed by atoms with E-state index in [0.717, 1.165) is 18.9 Å². The Morgan fingerprint density at radius 3 is 2.88 bits per heavy atom. The molecule has 1 rings (SSSR count). The van der Waals surface area contributed by atoms with Crippen LogP contribution in [0.3, 0.4) is 0 Å². The van der Waals surface area contributed by atoms with Gasteiger partial charge in [-0.05, 0) is 31.5 Å². The highest BCUT2D eigenvalue weighted by molar-refractivity contribution is 6.30. The fourth-order valence-electron chi connectivity index (χ4n) is 1.37. The molecular weight excluding hydrogens is 231 g/mol. The van der Waals surface area contributed by atoms with Gasteiger partial charge in [0.2, 0.25) is 0 Å². The molecule has 0 spiro atoms. The molecule has 2 nitrogen and oxygen atoms in total. The molecule has 88 valence electrons. The summed E-state index contributed by atoms with van der Waals surface area (Å²) in [6.45, 7) is 3.77. The summed E-state index contributed by atoms with van der Waals surface area (Å²) in [4.78, 5) is 11.6. The van der Waals surface area contributed by atoms with E-state index < -0.39 is 11.8 Å². The van der Waals surface area contributed by atoms with E-state index in [4.69, 9.17) is 16.3 Å². The van der Waals surface area contributed by atoms with Crippen LogP contribution in [0.25, 0.3) is 0 Å². The highest BCUT2D eigenvalue weighted by Gasteiger charge is 2.16. The number of carbonyl (C=O) groups is 1. The lowest BCUT2D eigenvalue weighted by Gasteiger charge is -2.12. The molecule has 0 saturated carbocycles. The third-order valence-corrected chi connectivity index (χ3v) is 2.39. The number of carbonyl (C=O) groups excluding carboxylic acids is 1. The van der Waals surface area contributed by atoms with Crippen molar-refractivity contribution in [1.29, 1.82) is 0 Å². The van der Waals surface area contributed by atoms with E-state index in [1.54, 1.807) is 6.92 Å². The predicted molar refractivity (Wildman–Crippen MR) is 61.2 cm³/mol. The van der Waals surface area contributed by atoms with Gasteiger partial charge in [-0.25, -0.2) is 9.18 Å². The van der Waals surface area contributed by atoms with Gasteiger partial charge in [0.15, 0.2) is 0 Å². The Morgan fingerprint density at radius 1 is 1.56 bits per heavy atom. The van der Waals surface area contributed by atoms with Crippen LogP contribution >= 0.6 is 11.6 Å². The van der Waals surface area contributed by atoms with Crippen LogP contribution in [0, 0.1) is 5.82 Å². The van der Waals surface area contributed by atoms with Crippen molar-refractivity contribution in [2.24, 2.45) is 0 Å². The monoisotopic (exact) mass is 244 g/mol. The maximum absolute atomic E-state index is 13.3. The van der Waals surface area contributed by atoms with Crippen molar-refractivity contribution in [2.75, 3.05) is 0 Å². The van der Waals surface area contributed by atoms with Crippen LogP contribution in [0.1, 0.15) is 37.0 Å². The lowest BCUT2D eigenvalue weighted by molar-refractivity contribution is 0.0318. The lowest BCUT2D eigenvalue weighted by Crippen LogP contribution is -2.15. The van der Waals surface area contributed by atoms with Gasteiger partial charge in [0.05, 0.1) is 11.7 Å². The normalized spacial score (nSPS) is 12.2. The smallest absolute Gasteiger partial charge is 0.341 e. The first-order valence-corrected chi connectivity index (χ1v) is 5.58. The molecular formula is C12H14ClFO2. The van der Waals surface area contributed by atoms with E-state index in [2.05, 4.69) is 0 Å². The summed E-state index contributed by atoms with van der Waals surface area (Å²) in [5, 5.41) is 0.316. The van der Waals surface area contributed by atoms with Gasteiger partial charge in [-0.3, -0.25) is 0 Å². The molecule has 0 bridgehead atoms. The summed E-state index contributed by atoms with van der Waals surface area (Å²) in [5.41, 5.74) is -0.115. The number of hydrogen-bond acceptors (Lipinski definition) is 2. The highest BCUT2D eigenvalue weighted by atomic mass is 35.5. The quantitative estimate of drug-likeness (QED) is 0.753. The summed E-state index contributed by atoms with van der Waals surface area (Å²) in [7, 11) is 0. The van der Waals surface area contributed by atoms with Gasteiger partial charge in [-0.2, -0.15) is 0 Å². The van der Waals surface area contributed by atoms with Gasteiger partial charge < -0.3 is 4.74 Å². The second-order valence-electron chi connectivity index (χ2n) is 3.63. The Kier molecular flexibility index (Phi) is 4.74. The van der Waals surface area contributed by atoms with Crippen LogP contribution in [0.5, 0.6) is 0 Å². The summed E-state index contributed by atoms with van der Waals surface area (Å²) in [6.07, 6.45) is 1.45. The average molecular weight is 245 g/mol. The summed E-state index contributed by atoms with van der Waals surface area (Å²) in [6, 6.07) is 3.82.